The first-order valence-corrected chi connectivity index (χ1v) is 7.12. The van der Waals surface area contributed by atoms with Gasteiger partial charge in [0.15, 0.2) is 0 Å². The second kappa shape index (κ2) is 4.48. The minimum Gasteiger partial charge on any atom is -0.311 e. The predicted octanol–water partition coefficient (Wildman–Crippen LogP) is 2.67. The number of rotatable bonds is 2. The summed E-state index contributed by atoms with van der Waals surface area (Å²) in [5.74, 6) is 1.46. The van der Waals surface area contributed by atoms with Crippen molar-refractivity contribution in [2.45, 2.75) is 69.9 Å². The molecule has 2 heterocycles. The molecule has 3 fully saturated rings. The minimum atomic E-state index is 0.402. The van der Waals surface area contributed by atoms with Crippen LogP contribution in [0.15, 0.2) is 0 Å². The summed E-state index contributed by atoms with van der Waals surface area (Å²) in [6.45, 7) is 0. The van der Waals surface area contributed by atoms with Crippen molar-refractivity contribution in [3.8, 4) is 0 Å². The maximum absolute atomic E-state index is 12.4. The Morgan fingerprint density at radius 3 is 2.06 bits per heavy atom. The average Bonchev–Trinajstić information content (AvgIpc) is 2.81. The van der Waals surface area contributed by atoms with E-state index in [1.165, 1.54) is 44.9 Å². The molecular weight excluding hydrogens is 198 g/mol. The van der Waals surface area contributed by atoms with Gasteiger partial charge in [-0.2, -0.15) is 0 Å². The summed E-state index contributed by atoms with van der Waals surface area (Å²) in [4.78, 5) is 12.4. The highest BCUT2D eigenvalue weighted by Gasteiger charge is 2.37. The maximum Gasteiger partial charge on any atom is 0.139 e. The van der Waals surface area contributed by atoms with E-state index in [1.807, 2.05) is 0 Å². The molecule has 1 saturated carbocycles. The Labute approximate surface area is 98.2 Å². The highest BCUT2D eigenvalue weighted by molar-refractivity contribution is 5.83. The standard InChI is InChI=1S/C14H23NO/c16-14(10-4-1-2-5-10)11-8-12-6-3-7-13(9-11)15-12/h10-13,15H,1-9H2. The zero-order chi connectivity index (χ0) is 11.0. The third-order valence-corrected chi connectivity index (χ3v) is 4.87. The van der Waals surface area contributed by atoms with Gasteiger partial charge in [0.1, 0.15) is 5.78 Å². The fraction of sp³-hybridized carbons (Fsp3) is 0.929. The van der Waals surface area contributed by atoms with Crippen molar-refractivity contribution in [1.29, 1.82) is 0 Å². The SMILES string of the molecule is O=C(C1CCCC1)C1CC2CCCC(C1)N2. The first-order valence-electron chi connectivity index (χ1n) is 7.12. The van der Waals surface area contributed by atoms with Crippen LogP contribution < -0.4 is 5.32 Å². The molecule has 1 aliphatic carbocycles. The zero-order valence-electron chi connectivity index (χ0n) is 10.1. The first-order chi connectivity index (χ1) is 7.83. The van der Waals surface area contributed by atoms with Gasteiger partial charge < -0.3 is 5.32 Å². The van der Waals surface area contributed by atoms with Crippen LogP contribution in [0.3, 0.4) is 0 Å². The van der Waals surface area contributed by atoms with Gasteiger partial charge in [-0.15, -0.1) is 0 Å². The molecule has 0 amide bonds. The van der Waals surface area contributed by atoms with Gasteiger partial charge in [-0.1, -0.05) is 19.3 Å². The summed E-state index contributed by atoms with van der Waals surface area (Å²) in [7, 11) is 0. The monoisotopic (exact) mass is 221 g/mol. The summed E-state index contributed by atoms with van der Waals surface area (Å²) < 4.78 is 0. The van der Waals surface area contributed by atoms with Crippen LogP contribution in [0, 0.1) is 11.8 Å². The molecule has 2 heteroatoms. The lowest BCUT2D eigenvalue weighted by Crippen LogP contribution is -2.50. The van der Waals surface area contributed by atoms with E-state index >= 15 is 0 Å². The Balaban J connectivity index is 1.63. The lowest BCUT2D eigenvalue weighted by atomic mass is 9.76. The van der Waals surface area contributed by atoms with Gasteiger partial charge >= 0.3 is 0 Å². The molecule has 1 N–H and O–H groups in total. The van der Waals surface area contributed by atoms with E-state index in [1.54, 1.807) is 0 Å². The summed E-state index contributed by atoms with van der Waals surface area (Å²) in [5, 5.41) is 3.68. The molecule has 0 aromatic rings. The first kappa shape index (κ1) is 10.8. The van der Waals surface area contributed by atoms with Crippen LogP contribution in [0.5, 0.6) is 0 Å². The van der Waals surface area contributed by atoms with Crippen LogP contribution in [-0.2, 0) is 4.79 Å². The fourth-order valence-corrected chi connectivity index (χ4v) is 4.04. The van der Waals surface area contributed by atoms with Crippen LogP contribution >= 0.6 is 0 Å². The second-order valence-electron chi connectivity index (χ2n) is 6.04. The van der Waals surface area contributed by atoms with Gasteiger partial charge in [0.25, 0.3) is 0 Å². The molecule has 0 radical (unpaired) electrons. The van der Waals surface area contributed by atoms with Crippen LogP contribution in [0.2, 0.25) is 0 Å². The maximum atomic E-state index is 12.4. The van der Waals surface area contributed by atoms with E-state index in [0.717, 1.165) is 12.8 Å². The number of piperidine rings is 2. The Morgan fingerprint density at radius 2 is 1.44 bits per heavy atom. The van der Waals surface area contributed by atoms with Gasteiger partial charge in [-0.3, -0.25) is 4.79 Å². The van der Waals surface area contributed by atoms with Gasteiger partial charge in [0, 0.05) is 23.9 Å². The van der Waals surface area contributed by atoms with Crippen molar-refractivity contribution in [2.24, 2.45) is 11.8 Å². The van der Waals surface area contributed by atoms with Gasteiger partial charge in [0.05, 0.1) is 0 Å². The number of nitrogens with one attached hydrogen (secondary N) is 1. The number of hydrogen-bond acceptors (Lipinski definition) is 2. The number of fused-ring (bicyclic) bond motifs is 2. The lowest BCUT2D eigenvalue weighted by molar-refractivity contribution is -0.128. The molecule has 2 nitrogen and oxygen atoms in total. The van der Waals surface area contributed by atoms with Crippen molar-refractivity contribution in [1.82, 2.24) is 5.32 Å². The van der Waals surface area contributed by atoms with Crippen LogP contribution in [0.1, 0.15) is 57.8 Å². The van der Waals surface area contributed by atoms with Crippen molar-refractivity contribution in [2.75, 3.05) is 0 Å². The molecule has 0 spiro atoms. The number of ketones is 1. The average molecular weight is 221 g/mol. The molecule has 2 saturated heterocycles. The zero-order valence-corrected chi connectivity index (χ0v) is 10.1. The molecule has 2 atom stereocenters. The largest absolute Gasteiger partial charge is 0.311 e. The number of carbonyl (C=O) groups is 1. The van der Waals surface area contributed by atoms with E-state index in [2.05, 4.69) is 5.32 Å². The molecule has 0 aromatic carbocycles. The number of hydrogen-bond donors (Lipinski definition) is 1. The van der Waals surface area contributed by atoms with E-state index < -0.39 is 0 Å². The van der Waals surface area contributed by atoms with Gasteiger partial charge in [0.2, 0.25) is 0 Å². The molecule has 2 bridgehead atoms. The van der Waals surface area contributed by atoms with Crippen molar-refractivity contribution in [3.05, 3.63) is 0 Å². The molecule has 3 aliphatic rings. The molecule has 2 aliphatic heterocycles. The Bertz CT molecular complexity index is 258. The van der Waals surface area contributed by atoms with Gasteiger partial charge in [-0.05, 0) is 38.5 Å². The highest BCUT2D eigenvalue weighted by Crippen LogP contribution is 2.35. The Kier molecular flexibility index (Phi) is 3.01. The Morgan fingerprint density at radius 1 is 0.812 bits per heavy atom. The second-order valence-corrected chi connectivity index (χ2v) is 6.04. The smallest absolute Gasteiger partial charge is 0.139 e. The normalized spacial score (nSPS) is 39.9. The molecule has 0 aromatic heterocycles. The summed E-state index contributed by atoms with van der Waals surface area (Å²) in [6.07, 6.45) is 11.2. The third-order valence-electron chi connectivity index (χ3n) is 4.87. The topological polar surface area (TPSA) is 29.1 Å². The summed E-state index contributed by atoms with van der Waals surface area (Å²) in [6, 6.07) is 1.31. The van der Waals surface area contributed by atoms with E-state index in [4.69, 9.17) is 0 Å². The van der Waals surface area contributed by atoms with Crippen LogP contribution in [0.25, 0.3) is 0 Å². The predicted molar refractivity (Wildman–Crippen MR) is 64.3 cm³/mol. The third kappa shape index (κ3) is 2.04. The van der Waals surface area contributed by atoms with E-state index in [9.17, 15) is 4.79 Å². The number of Topliss-reactive ketones (excluding diaryl/α,β-unsaturated/α-hetero) is 1. The molecule has 90 valence electrons. The molecule has 2 unspecified atom stereocenters. The summed E-state index contributed by atoms with van der Waals surface area (Å²) >= 11 is 0. The van der Waals surface area contributed by atoms with E-state index in [-0.39, 0.29) is 0 Å². The quantitative estimate of drug-likeness (QED) is 0.776. The minimum absolute atomic E-state index is 0.402. The summed E-state index contributed by atoms with van der Waals surface area (Å²) in [5.41, 5.74) is 0. The highest BCUT2D eigenvalue weighted by atomic mass is 16.1. The lowest BCUT2D eigenvalue weighted by Gasteiger charge is -2.40. The molecule has 3 rings (SSSR count). The molecule has 16 heavy (non-hydrogen) atoms. The van der Waals surface area contributed by atoms with Gasteiger partial charge in [-0.25, -0.2) is 0 Å². The fourth-order valence-electron chi connectivity index (χ4n) is 4.04. The van der Waals surface area contributed by atoms with Crippen molar-refractivity contribution < 1.29 is 4.79 Å². The Hall–Kier alpha value is -0.370. The van der Waals surface area contributed by atoms with Crippen LogP contribution in [-0.4, -0.2) is 17.9 Å². The molecular formula is C14H23NO. The van der Waals surface area contributed by atoms with Crippen molar-refractivity contribution >= 4 is 5.78 Å². The van der Waals surface area contributed by atoms with Crippen LogP contribution in [0.4, 0.5) is 0 Å². The van der Waals surface area contributed by atoms with E-state index in [0.29, 0.717) is 29.7 Å². The van der Waals surface area contributed by atoms with Crippen molar-refractivity contribution in [3.63, 3.8) is 0 Å². The number of carbonyl (C=O) groups excluding carboxylic acids is 1.